The van der Waals surface area contributed by atoms with Gasteiger partial charge in [-0.15, -0.1) is 0 Å². The first-order chi connectivity index (χ1) is 9.04. The predicted octanol–water partition coefficient (Wildman–Crippen LogP) is 4.62. The number of nitrogens with zero attached hydrogens (tertiary/aromatic N) is 1. The summed E-state index contributed by atoms with van der Waals surface area (Å²) in [7, 11) is 0. The van der Waals surface area contributed by atoms with Crippen molar-refractivity contribution in [3.05, 3.63) is 52.5 Å². The molecule has 0 unspecified atom stereocenters. The summed E-state index contributed by atoms with van der Waals surface area (Å²) < 4.78 is 0. The average molecular weight is 296 g/mol. The zero-order chi connectivity index (χ0) is 14.0. The van der Waals surface area contributed by atoms with Gasteiger partial charge in [0.1, 0.15) is 0 Å². The SMILES string of the molecule is C=CC(C)=CC(=O)N(c1cccc(Cl)c1Cl)C1CC1. The number of benzene rings is 1. The highest BCUT2D eigenvalue weighted by Crippen LogP contribution is 2.38. The first-order valence-electron chi connectivity index (χ1n) is 6.12. The van der Waals surface area contributed by atoms with E-state index in [9.17, 15) is 4.79 Å². The summed E-state index contributed by atoms with van der Waals surface area (Å²) in [6.45, 7) is 5.49. The molecule has 0 bridgehead atoms. The lowest BCUT2D eigenvalue weighted by molar-refractivity contribution is -0.114. The lowest BCUT2D eigenvalue weighted by Gasteiger charge is -2.22. The zero-order valence-corrected chi connectivity index (χ0v) is 12.2. The third-order valence-corrected chi connectivity index (χ3v) is 3.82. The fourth-order valence-corrected chi connectivity index (χ4v) is 2.22. The van der Waals surface area contributed by atoms with Crippen LogP contribution in [-0.4, -0.2) is 11.9 Å². The molecule has 2 nitrogen and oxygen atoms in total. The fraction of sp³-hybridized carbons (Fsp3) is 0.267. The van der Waals surface area contributed by atoms with Crippen LogP contribution in [0.5, 0.6) is 0 Å². The summed E-state index contributed by atoms with van der Waals surface area (Å²) in [6.07, 6.45) is 5.22. The Balaban J connectivity index is 2.38. The molecule has 1 fully saturated rings. The standard InChI is InChI=1S/C15H15Cl2NO/c1-3-10(2)9-14(19)18(11-7-8-11)13-6-4-5-12(16)15(13)17/h3-6,9,11H,1,7-8H2,2H3. The molecule has 4 heteroatoms. The molecule has 19 heavy (non-hydrogen) atoms. The van der Waals surface area contributed by atoms with Crippen molar-refractivity contribution in [2.75, 3.05) is 4.90 Å². The van der Waals surface area contributed by atoms with Crippen molar-refractivity contribution in [2.24, 2.45) is 0 Å². The number of anilines is 1. The Hall–Kier alpha value is -1.25. The van der Waals surface area contributed by atoms with Crippen molar-refractivity contribution in [1.82, 2.24) is 0 Å². The highest BCUT2D eigenvalue weighted by Gasteiger charge is 2.34. The van der Waals surface area contributed by atoms with Gasteiger partial charge in [0, 0.05) is 12.1 Å². The Labute approximate surface area is 123 Å². The van der Waals surface area contributed by atoms with Gasteiger partial charge in [0.15, 0.2) is 0 Å². The predicted molar refractivity (Wildman–Crippen MR) is 80.9 cm³/mol. The number of amides is 1. The third kappa shape index (κ3) is 3.20. The Morgan fingerprint density at radius 3 is 2.68 bits per heavy atom. The van der Waals surface area contributed by atoms with Crippen molar-refractivity contribution >= 4 is 34.8 Å². The quantitative estimate of drug-likeness (QED) is 0.586. The molecule has 0 atom stereocenters. The summed E-state index contributed by atoms with van der Waals surface area (Å²) in [5, 5.41) is 0.885. The van der Waals surface area contributed by atoms with Gasteiger partial charge in [0.05, 0.1) is 15.7 Å². The van der Waals surface area contributed by atoms with Crippen LogP contribution in [0.2, 0.25) is 10.0 Å². The Morgan fingerprint density at radius 2 is 2.11 bits per heavy atom. The van der Waals surface area contributed by atoms with Crippen LogP contribution in [0, 0.1) is 0 Å². The van der Waals surface area contributed by atoms with Crippen LogP contribution in [0.4, 0.5) is 5.69 Å². The molecular weight excluding hydrogens is 281 g/mol. The highest BCUT2D eigenvalue weighted by atomic mass is 35.5. The molecule has 0 radical (unpaired) electrons. The summed E-state index contributed by atoms with van der Waals surface area (Å²) in [5.41, 5.74) is 1.50. The number of carbonyl (C=O) groups excluding carboxylic acids is 1. The van der Waals surface area contributed by atoms with Crippen LogP contribution < -0.4 is 4.90 Å². The van der Waals surface area contributed by atoms with Crippen molar-refractivity contribution < 1.29 is 4.79 Å². The van der Waals surface area contributed by atoms with E-state index in [0.717, 1.165) is 18.4 Å². The van der Waals surface area contributed by atoms with Crippen molar-refractivity contribution in [3.8, 4) is 0 Å². The van der Waals surface area contributed by atoms with Crippen molar-refractivity contribution in [2.45, 2.75) is 25.8 Å². The van der Waals surface area contributed by atoms with E-state index < -0.39 is 0 Å². The van der Waals surface area contributed by atoms with Gasteiger partial charge >= 0.3 is 0 Å². The molecular formula is C15H15Cl2NO. The summed E-state index contributed by atoms with van der Waals surface area (Å²) in [6, 6.07) is 5.56. The molecule has 1 aliphatic carbocycles. The van der Waals surface area contributed by atoms with Crippen molar-refractivity contribution in [3.63, 3.8) is 0 Å². The van der Waals surface area contributed by atoms with Crippen molar-refractivity contribution in [1.29, 1.82) is 0 Å². The molecule has 100 valence electrons. The van der Waals surface area contributed by atoms with Gasteiger partial charge in [-0.2, -0.15) is 0 Å². The van der Waals surface area contributed by atoms with Crippen LogP contribution in [-0.2, 0) is 4.79 Å². The first kappa shape index (κ1) is 14.2. The van der Waals surface area contributed by atoms with Crippen LogP contribution in [0.15, 0.2) is 42.5 Å². The normalized spacial score (nSPS) is 15.2. The molecule has 1 aromatic rings. The van der Waals surface area contributed by atoms with Crippen LogP contribution in [0.1, 0.15) is 19.8 Å². The molecule has 1 amide bonds. The molecule has 0 N–H and O–H groups in total. The molecule has 2 rings (SSSR count). The maximum Gasteiger partial charge on any atom is 0.251 e. The van der Waals surface area contributed by atoms with Gasteiger partial charge in [0.25, 0.3) is 5.91 Å². The van der Waals surface area contributed by atoms with E-state index in [1.54, 1.807) is 29.2 Å². The van der Waals surface area contributed by atoms with Gasteiger partial charge in [-0.3, -0.25) is 4.79 Å². The fourth-order valence-electron chi connectivity index (χ4n) is 1.83. The molecule has 1 aromatic carbocycles. The van der Waals surface area contributed by atoms with E-state index in [4.69, 9.17) is 23.2 Å². The van der Waals surface area contributed by atoms with E-state index in [0.29, 0.717) is 15.7 Å². The Bertz CT molecular complexity index is 547. The van der Waals surface area contributed by atoms with E-state index in [-0.39, 0.29) is 11.9 Å². The summed E-state index contributed by atoms with van der Waals surface area (Å²) >= 11 is 12.2. The second-order valence-corrected chi connectivity index (χ2v) is 5.39. The molecule has 1 saturated carbocycles. The number of rotatable bonds is 4. The number of hydrogen-bond acceptors (Lipinski definition) is 1. The van der Waals surface area contributed by atoms with Gasteiger partial charge in [-0.05, 0) is 37.5 Å². The van der Waals surface area contributed by atoms with E-state index in [1.165, 1.54) is 0 Å². The molecule has 0 aromatic heterocycles. The van der Waals surface area contributed by atoms with Crippen LogP contribution >= 0.6 is 23.2 Å². The largest absolute Gasteiger partial charge is 0.304 e. The van der Waals surface area contributed by atoms with Gasteiger partial charge < -0.3 is 4.90 Å². The Kier molecular flexibility index (Phi) is 4.33. The molecule has 0 saturated heterocycles. The molecule has 0 spiro atoms. The highest BCUT2D eigenvalue weighted by molar-refractivity contribution is 6.44. The smallest absolute Gasteiger partial charge is 0.251 e. The Morgan fingerprint density at radius 1 is 1.42 bits per heavy atom. The maximum atomic E-state index is 12.4. The van der Waals surface area contributed by atoms with Gasteiger partial charge in [-0.1, -0.05) is 41.9 Å². The van der Waals surface area contributed by atoms with Crippen LogP contribution in [0.3, 0.4) is 0 Å². The topological polar surface area (TPSA) is 20.3 Å². The molecule has 0 heterocycles. The van der Waals surface area contributed by atoms with Gasteiger partial charge in [-0.25, -0.2) is 0 Å². The monoisotopic (exact) mass is 295 g/mol. The maximum absolute atomic E-state index is 12.4. The third-order valence-electron chi connectivity index (χ3n) is 3.01. The van der Waals surface area contributed by atoms with E-state index in [2.05, 4.69) is 6.58 Å². The van der Waals surface area contributed by atoms with E-state index in [1.807, 2.05) is 13.0 Å². The molecule has 1 aliphatic rings. The average Bonchev–Trinajstić information content (AvgIpc) is 3.19. The number of allylic oxidation sites excluding steroid dienone is 2. The summed E-state index contributed by atoms with van der Waals surface area (Å²) in [5.74, 6) is -0.0796. The summed E-state index contributed by atoms with van der Waals surface area (Å²) in [4.78, 5) is 14.1. The number of hydrogen-bond donors (Lipinski definition) is 0. The van der Waals surface area contributed by atoms with Gasteiger partial charge in [0.2, 0.25) is 0 Å². The number of halogens is 2. The minimum Gasteiger partial charge on any atom is -0.304 e. The minimum atomic E-state index is -0.0796. The second kappa shape index (κ2) is 5.81. The molecule has 0 aliphatic heterocycles. The lowest BCUT2D eigenvalue weighted by Crippen LogP contribution is -2.32. The first-order valence-corrected chi connectivity index (χ1v) is 6.88. The minimum absolute atomic E-state index is 0.0796. The lowest BCUT2D eigenvalue weighted by atomic mass is 10.2. The van der Waals surface area contributed by atoms with E-state index >= 15 is 0 Å². The zero-order valence-electron chi connectivity index (χ0n) is 10.7. The second-order valence-electron chi connectivity index (χ2n) is 4.60. The number of carbonyl (C=O) groups is 1. The van der Waals surface area contributed by atoms with Crippen LogP contribution in [0.25, 0.3) is 0 Å².